The summed E-state index contributed by atoms with van der Waals surface area (Å²) in [6.45, 7) is 4.67. The average molecular weight is 317 g/mol. The molecule has 1 saturated heterocycles. The minimum Gasteiger partial charge on any atom is -0.353 e. The number of aliphatic imine (C=N–C) groups is 1. The van der Waals surface area contributed by atoms with E-state index in [2.05, 4.69) is 45.0 Å². The van der Waals surface area contributed by atoms with E-state index in [1.807, 2.05) is 30.3 Å². The van der Waals surface area contributed by atoms with Gasteiger partial charge in [0.2, 0.25) is 0 Å². The fourth-order valence-corrected chi connectivity index (χ4v) is 3.36. The minimum atomic E-state index is 0.599. The van der Waals surface area contributed by atoms with E-state index in [-0.39, 0.29) is 0 Å². The van der Waals surface area contributed by atoms with Gasteiger partial charge in [0.1, 0.15) is 17.4 Å². The summed E-state index contributed by atoms with van der Waals surface area (Å²) >= 11 is 0. The lowest BCUT2D eigenvalue weighted by Gasteiger charge is -2.35. The molecule has 120 valence electrons. The SMILES string of the molecule is O=C=C1C(N2CCN(Cc3ccccc3)CC2)=Nc2ccccc21. The third kappa shape index (κ3) is 2.78. The molecule has 0 aromatic heterocycles. The van der Waals surface area contributed by atoms with E-state index in [0.29, 0.717) is 5.57 Å². The molecule has 0 unspecified atom stereocenters. The minimum absolute atomic E-state index is 0.599. The average Bonchev–Trinajstić information content (AvgIpc) is 3.02. The second kappa shape index (κ2) is 6.44. The van der Waals surface area contributed by atoms with Crippen LogP contribution in [0.5, 0.6) is 0 Å². The molecular formula is C20H19N3O. The third-order valence-electron chi connectivity index (χ3n) is 4.65. The Balaban J connectivity index is 1.44. The van der Waals surface area contributed by atoms with Crippen molar-refractivity contribution in [3.05, 3.63) is 65.7 Å². The quantitative estimate of drug-likeness (QED) is 0.799. The fourth-order valence-electron chi connectivity index (χ4n) is 3.36. The van der Waals surface area contributed by atoms with Crippen molar-refractivity contribution in [3.8, 4) is 0 Å². The maximum absolute atomic E-state index is 11.4. The van der Waals surface area contributed by atoms with Crippen molar-refractivity contribution in [2.45, 2.75) is 6.54 Å². The van der Waals surface area contributed by atoms with Gasteiger partial charge in [-0.15, -0.1) is 0 Å². The topological polar surface area (TPSA) is 35.9 Å². The van der Waals surface area contributed by atoms with Crippen LogP contribution in [0.4, 0.5) is 5.69 Å². The Bertz CT molecular complexity index is 814. The highest BCUT2D eigenvalue weighted by Gasteiger charge is 2.28. The summed E-state index contributed by atoms with van der Waals surface area (Å²) in [5.41, 5.74) is 3.71. The van der Waals surface area contributed by atoms with Crippen molar-refractivity contribution in [2.75, 3.05) is 26.2 Å². The van der Waals surface area contributed by atoms with Gasteiger partial charge in [-0.1, -0.05) is 48.5 Å². The first kappa shape index (κ1) is 14.9. The fraction of sp³-hybridized carbons (Fsp3) is 0.250. The summed E-state index contributed by atoms with van der Waals surface area (Å²) in [5.74, 6) is 2.88. The predicted molar refractivity (Wildman–Crippen MR) is 95.9 cm³/mol. The number of hydrogen-bond acceptors (Lipinski definition) is 4. The van der Waals surface area contributed by atoms with E-state index in [9.17, 15) is 4.79 Å². The molecule has 2 heterocycles. The lowest BCUT2D eigenvalue weighted by atomic mass is 10.1. The second-order valence-electron chi connectivity index (χ2n) is 6.18. The number of para-hydroxylation sites is 1. The molecule has 2 aliphatic heterocycles. The molecule has 0 amide bonds. The van der Waals surface area contributed by atoms with E-state index in [1.54, 1.807) is 0 Å². The number of benzene rings is 2. The van der Waals surface area contributed by atoms with E-state index in [4.69, 9.17) is 0 Å². The molecule has 2 aromatic carbocycles. The number of rotatable bonds is 2. The molecule has 0 aliphatic carbocycles. The normalized spacial score (nSPS) is 17.4. The molecule has 0 saturated carbocycles. The molecular weight excluding hydrogens is 298 g/mol. The van der Waals surface area contributed by atoms with Gasteiger partial charge in [0, 0.05) is 38.3 Å². The second-order valence-corrected chi connectivity index (χ2v) is 6.18. The van der Waals surface area contributed by atoms with Crippen molar-refractivity contribution in [1.29, 1.82) is 0 Å². The molecule has 0 atom stereocenters. The molecule has 0 spiro atoms. The Labute approximate surface area is 141 Å². The van der Waals surface area contributed by atoms with Gasteiger partial charge in [-0.05, 0) is 11.6 Å². The van der Waals surface area contributed by atoms with Crippen molar-refractivity contribution < 1.29 is 4.79 Å². The Morgan fingerprint density at radius 3 is 2.38 bits per heavy atom. The predicted octanol–water partition coefficient (Wildman–Crippen LogP) is 2.76. The highest BCUT2D eigenvalue weighted by Crippen LogP contribution is 2.34. The molecule has 4 heteroatoms. The van der Waals surface area contributed by atoms with Gasteiger partial charge in [-0.2, -0.15) is 0 Å². The van der Waals surface area contributed by atoms with E-state index in [1.165, 1.54) is 5.56 Å². The zero-order valence-electron chi connectivity index (χ0n) is 13.5. The molecule has 1 fully saturated rings. The summed E-state index contributed by atoms with van der Waals surface area (Å²) in [7, 11) is 0. The molecule has 4 nitrogen and oxygen atoms in total. The van der Waals surface area contributed by atoms with Gasteiger partial charge in [0.25, 0.3) is 0 Å². The van der Waals surface area contributed by atoms with E-state index in [0.717, 1.165) is 49.8 Å². The van der Waals surface area contributed by atoms with Crippen molar-refractivity contribution in [1.82, 2.24) is 9.80 Å². The highest BCUT2D eigenvalue weighted by molar-refractivity contribution is 6.34. The van der Waals surface area contributed by atoms with Crippen molar-refractivity contribution in [2.24, 2.45) is 4.99 Å². The molecule has 2 aliphatic rings. The maximum Gasteiger partial charge on any atom is 0.148 e. The molecule has 2 aromatic rings. The monoisotopic (exact) mass is 317 g/mol. The van der Waals surface area contributed by atoms with E-state index < -0.39 is 0 Å². The van der Waals surface area contributed by atoms with Crippen LogP contribution in [0.25, 0.3) is 5.57 Å². The van der Waals surface area contributed by atoms with Gasteiger partial charge in [0.05, 0.1) is 5.69 Å². The first-order chi connectivity index (χ1) is 11.8. The van der Waals surface area contributed by atoms with Crippen LogP contribution < -0.4 is 0 Å². The Hall–Kier alpha value is -2.68. The third-order valence-corrected chi connectivity index (χ3v) is 4.65. The number of fused-ring (bicyclic) bond motifs is 1. The van der Waals surface area contributed by atoms with Crippen molar-refractivity contribution in [3.63, 3.8) is 0 Å². The van der Waals surface area contributed by atoms with Crippen LogP contribution in [0, 0.1) is 0 Å². The van der Waals surface area contributed by atoms with Crippen LogP contribution in [-0.4, -0.2) is 47.8 Å². The largest absolute Gasteiger partial charge is 0.353 e. The summed E-state index contributed by atoms with van der Waals surface area (Å²) in [6, 6.07) is 18.3. The lowest BCUT2D eigenvalue weighted by molar-refractivity contribution is 0.176. The van der Waals surface area contributed by atoms with Crippen LogP contribution in [0.3, 0.4) is 0 Å². The zero-order valence-corrected chi connectivity index (χ0v) is 13.5. The van der Waals surface area contributed by atoms with Crippen LogP contribution in [0.1, 0.15) is 11.1 Å². The molecule has 0 N–H and O–H groups in total. The lowest BCUT2D eigenvalue weighted by Crippen LogP contribution is -2.48. The Morgan fingerprint density at radius 2 is 1.62 bits per heavy atom. The molecule has 24 heavy (non-hydrogen) atoms. The molecule has 0 radical (unpaired) electrons. The van der Waals surface area contributed by atoms with E-state index >= 15 is 0 Å². The molecule has 4 rings (SSSR count). The first-order valence-electron chi connectivity index (χ1n) is 8.30. The van der Waals surface area contributed by atoms with Crippen LogP contribution in [-0.2, 0) is 11.3 Å². The number of amidine groups is 1. The summed E-state index contributed by atoms with van der Waals surface area (Å²) in [5, 5.41) is 0. The molecule has 0 bridgehead atoms. The van der Waals surface area contributed by atoms with Gasteiger partial charge in [0.15, 0.2) is 0 Å². The number of nitrogens with zero attached hydrogens (tertiary/aromatic N) is 3. The number of hydrogen-bond donors (Lipinski definition) is 0. The first-order valence-corrected chi connectivity index (χ1v) is 8.30. The maximum atomic E-state index is 11.4. The Morgan fingerprint density at radius 1 is 0.917 bits per heavy atom. The van der Waals surface area contributed by atoms with Crippen LogP contribution >= 0.6 is 0 Å². The summed E-state index contributed by atoms with van der Waals surface area (Å²) in [4.78, 5) is 20.8. The summed E-state index contributed by atoms with van der Waals surface area (Å²) < 4.78 is 0. The van der Waals surface area contributed by atoms with Crippen molar-refractivity contribution >= 4 is 23.0 Å². The zero-order chi connectivity index (χ0) is 16.4. The standard InChI is InChI=1S/C20H19N3O/c24-15-18-17-8-4-5-9-19(17)21-20(18)23-12-10-22(11-13-23)14-16-6-2-1-3-7-16/h1-9H,10-14H2. The van der Waals surface area contributed by atoms with Crippen LogP contribution in [0.15, 0.2) is 59.6 Å². The Kier molecular flexibility index (Phi) is 3.99. The highest BCUT2D eigenvalue weighted by atomic mass is 16.1. The summed E-state index contributed by atoms with van der Waals surface area (Å²) in [6.07, 6.45) is 0. The number of piperazine rings is 1. The van der Waals surface area contributed by atoms with Crippen LogP contribution in [0.2, 0.25) is 0 Å². The number of carbonyl (C=O) groups excluding carboxylic acids is 1. The van der Waals surface area contributed by atoms with Gasteiger partial charge in [-0.3, -0.25) is 4.90 Å². The van der Waals surface area contributed by atoms with Gasteiger partial charge in [-0.25, -0.2) is 9.79 Å². The van der Waals surface area contributed by atoms with Gasteiger partial charge < -0.3 is 4.90 Å². The smallest absolute Gasteiger partial charge is 0.148 e. The van der Waals surface area contributed by atoms with Gasteiger partial charge >= 0.3 is 0 Å².